The van der Waals surface area contributed by atoms with E-state index < -0.39 is 0 Å². The summed E-state index contributed by atoms with van der Waals surface area (Å²) < 4.78 is 1.28. The third-order valence-corrected chi connectivity index (χ3v) is 5.15. The van der Waals surface area contributed by atoms with Crippen LogP contribution in [0.1, 0.15) is 24.9 Å². The van der Waals surface area contributed by atoms with Gasteiger partial charge < -0.3 is 4.90 Å². The molecule has 1 fully saturated rings. The third kappa shape index (κ3) is 1.66. The summed E-state index contributed by atoms with van der Waals surface area (Å²) in [7, 11) is 0. The Morgan fingerprint density at radius 3 is 2.45 bits per heavy atom. The predicted molar refractivity (Wildman–Crippen MR) is 85.4 cm³/mol. The number of hydrogen-bond donors (Lipinski definition) is 0. The Morgan fingerprint density at radius 2 is 1.70 bits per heavy atom. The second-order valence-corrected chi connectivity index (χ2v) is 6.84. The number of aromatic nitrogens is 1. The molecule has 2 aromatic carbocycles. The second-order valence-electron chi connectivity index (χ2n) is 5.78. The van der Waals surface area contributed by atoms with Gasteiger partial charge in [0.25, 0.3) is 0 Å². The molecule has 0 saturated carbocycles. The molecule has 3 aromatic rings. The molecule has 1 aromatic heterocycles. The summed E-state index contributed by atoms with van der Waals surface area (Å²) in [6.45, 7) is 4.58. The number of anilines is 1. The van der Waals surface area contributed by atoms with E-state index in [9.17, 15) is 0 Å². The highest BCUT2D eigenvalue weighted by atomic mass is 32.1. The molecule has 0 aliphatic carbocycles. The van der Waals surface area contributed by atoms with E-state index in [1.165, 1.54) is 15.4 Å². The average Bonchev–Trinajstić information content (AvgIpc) is 2.83. The molecule has 1 unspecified atom stereocenters. The summed E-state index contributed by atoms with van der Waals surface area (Å²) in [4.78, 5) is 7.27. The van der Waals surface area contributed by atoms with E-state index in [1.54, 1.807) is 0 Å². The van der Waals surface area contributed by atoms with Crippen LogP contribution in [0.2, 0.25) is 0 Å². The van der Waals surface area contributed by atoms with Gasteiger partial charge in [0.15, 0.2) is 0 Å². The lowest BCUT2D eigenvalue weighted by Crippen LogP contribution is -2.06. The molecular weight excluding hydrogens is 264 g/mol. The molecule has 3 heteroatoms. The molecule has 20 heavy (non-hydrogen) atoms. The van der Waals surface area contributed by atoms with Crippen molar-refractivity contribution in [2.45, 2.75) is 25.4 Å². The second kappa shape index (κ2) is 4.06. The Kier molecular flexibility index (Phi) is 2.42. The van der Waals surface area contributed by atoms with Gasteiger partial charge in [-0.15, -0.1) is 11.3 Å². The van der Waals surface area contributed by atoms with Crippen molar-refractivity contribution in [1.82, 2.24) is 4.98 Å². The predicted octanol–water partition coefficient (Wildman–Crippen LogP) is 4.64. The fourth-order valence-corrected chi connectivity index (χ4v) is 4.22. The van der Waals surface area contributed by atoms with Gasteiger partial charge in [-0.05, 0) is 38.1 Å². The van der Waals surface area contributed by atoms with E-state index in [1.807, 2.05) is 11.3 Å². The van der Waals surface area contributed by atoms with Crippen LogP contribution in [0.3, 0.4) is 0 Å². The van der Waals surface area contributed by atoms with Crippen molar-refractivity contribution in [1.29, 1.82) is 0 Å². The van der Waals surface area contributed by atoms with Crippen LogP contribution in [-0.2, 0) is 0 Å². The van der Waals surface area contributed by atoms with E-state index in [4.69, 9.17) is 4.98 Å². The van der Waals surface area contributed by atoms with Gasteiger partial charge in [0.2, 0.25) is 0 Å². The van der Waals surface area contributed by atoms with Gasteiger partial charge in [0.1, 0.15) is 11.0 Å². The van der Waals surface area contributed by atoms with Crippen LogP contribution in [0, 0.1) is 0 Å². The highest BCUT2D eigenvalue weighted by Gasteiger charge is 2.57. The zero-order valence-corrected chi connectivity index (χ0v) is 12.4. The SMILES string of the molecule is CC1(C)C(c2nc3ccccc3s2)N1c1ccccc1. The summed E-state index contributed by atoms with van der Waals surface area (Å²) in [6.07, 6.45) is 0. The van der Waals surface area contributed by atoms with E-state index >= 15 is 0 Å². The van der Waals surface area contributed by atoms with Crippen LogP contribution in [0.4, 0.5) is 5.69 Å². The number of nitrogens with zero attached hydrogens (tertiary/aromatic N) is 2. The number of rotatable bonds is 2. The first-order valence-electron chi connectivity index (χ1n) is 6.88. The van der Waals surface area contributed by atoms with Gasteiger partial charge in [0, 0.05) is 5.69 Å². The first-order chi connectivity index (χ1) is 9.68. The summed E-state index contributed by atoms with van der Waals surface area (Å²) in [5.41, 5.74) is 2.54. The zero-order valence-electron chi connectivity index (χ0n) is 11.6. The molecule has 1 aliphatic heterocycles. The maximum Gasteiger partial charge on any atom is 0.119 e. The molecule has 1 atom stereocenters. The van der Waals surface area contributed by atoms with Crippen molar-refractivity contribution in [3.63, 3.8) is 0 Å². The summed E-state index contributed by atoms with van der Waals surface area (Å²) in [5, 5.41) is 1.22. The Morgan fingerprint density at radius 1 is 1.00 bits per heavy atom. The van der Waals surface area contributed by atoms with Crippen LogP contribution in [0.5, 0.6) is 0 Å². The van der Waals surface area contributed by atoms with Crippen LogP contribution in [0.15, 0.2) is 54.6 Å². The molecular formula is C17H16N2S. The normalized spacial score (nSPS) is 20.3. The van der Waals surface area contributed by atoms with Crippen molar-refractivity contribution in [2.24, 2.45) is 0 Å². The highest BCUT2D eigenvalue weighted by Crippen LogP contribution is 2.56. The molecule has 0 N–H and O–H groups in total. The fraction of sp³-hybridized carbons (Fsp3) is 0.235. The van der Waals surface area contributed by atoms with Crippen molar-refractivity contribution >= 4 is 27.2 Å². The van der Waals surface area contributed by atoms with Crippen LogP contribution in [-0.4, -0.2) is 10.5 Å². The van der Waals surface area contributed by atoms with E-state index in [0.29, 0.717) is 6.04 Å². The number of thiazole rings is 1. The summed E-state index contributed by atoms with van der Waals surface area (Å²) >= 11 is 1.82. The van der Waals surface area contributed by atoms with Crippen molar-refractivity contribution < 1.29 is 0 Å². The molecule has 2 nitrogen and oxygen atoms in total. The summed E-state index contributed by atoms with van der Waals surface area (Å²) in [5.74, 6) is 0. The minimum atomic E-state index is 0.148. The number of hydrogen-bond acceptors (Lipinski definition) is 3. The van der Waals surface area contributed by atoms with E-state index in [2.05, 4.69) is 73.3 Å². The Hall–Kier alpha value is -1.87. The average molecular weight is 280 g/mol. The molecule has 0 bridgehead atoms. The monoisotopic (exact) mass is 280 g/mol. The Balaban J connectivity index is 1.75. The van der Waals surface area contributed by atoms with Gasteiger partial charge in [-0.1, -0.05) is 30.3 Å². The molecule has 1 aliphatic rings. The van der Waals surface area contributed by atoms with E-state index in [0.717, 1.165) is 5.52 Å². The number of para-hydroxylation sites is 2. The van der Waals surface area contributed by atoms with Gasteiger partial charge in [0.05, 0.1) is 15.8 Å². The maximum absolute atomic E-state index is 4.82. The first kappa shape index (κ1) is 11.9. The molecule has 0 spiro atoms. The summed E-state index contributed by atoms with van der Waals surface area (Å²) in [6, 6.07) is 19.4. The molecule has 4 rings (SSSR count). The quantitative estimate of drug-likeness (QED) is 0.636. The molecule has 1 saturated heterocycles. The first-order valence-corrected chi connectivity index (χ1v) is 7.69. The standard InChI is InChI=1S/C17H16N2S/c1-17(2)15(19(17)12-8-4-3-5-9-12)16-18-13-10-6-7-11-14(13)20-16/h3-11,15H,1-2H3. The maximum atomic E-state index is 4.82. The van der Waals surface area contributed by atoms with Crippen molar-refractivity contribution in [2.75, 3.05) is 4.90 Å². The largest absolute Gasteiger partial charge is 0.352 e. The lowest BCUT2D eigenvalue weighted by molar-refractivity contribution is 0.766. The van der Waals surface area contributed by atoms with Gasteiger partial charge in [-0.2, -0.15) is 0 Å². The molecule has 0 radical (unpaired) electrons. The molecule has 100 valence electrons. The van der Waals surface area contributed by atoms with Crippen molar-refractivity contribution in [3.05, 3.63) is 59.6 Å². The number of fused-ring (bicyclic) bond motifs is 1. The Bertz CT molecular complexity index is 728. The topological polar surface area (TPSA) is 15.9 Å². The zero-order chi connectivity index (χ0) is 13.7. The molecule has 0 amide bonds. The number of benzene rings is 2. The smallest absolute Gasteiger partial charge is 0.119 e. The highest BCUT2D eigenvalue weighted by molar-refractivity contribution is 7.18. The van der Waals surface area contributed by atoms with E-state index in [-0.39, 0.29) is 5.54 Å². The van der Waals surface area contributed by atoms with Gasteiger partial charge >= 0.3 is 0 Å². The lowest BCUT2D eigenvalue weighted by Gasteiger charge is -2.07. The van der Waals surface area contributed by atoms with Gasteiger partial charge in [-0.25, -0.2) is 4.98 Å². The Labute approximate surface area is 122 Å². The third-order valence-electron chi connectivity index (χ3n) is 4.06. The van der Waals surface area contributed by atoms with Crippen LogP contribution >= 0.6 is 11.3 Å². The lowest BCUT2D eigenvalue weighted by atomic mass is 10.1. The van der Waals surface area contributed by atoms with Crippen LogP contribution < -0.4 is 4.90 Å². The van der Waals surface area contributed by atoms with Crippen molar-refractivity contribution in [3.8, 4) is 0 Å². The van der Waals surface area contributed by atoms with Crippen LogP contribution in [0.25, 0.3) is 10.2 Å². The minimum Gasteiger partial charge on any atom is -0.352 e. The van der Waals surface area contributed by atoms with Gasteiger partial charge in [-0.3, -0.25) is 0 Å². The molecule has 2 heterocycles. The fourth-order valence-electron chi connectivity index (χ4n) is 2.98. The minimum absolute atomic E-state index is 0.148.